The molecule has 0 atom stereocenters. The van der Waals surface area contributed by atoms with Crippen molar-refractivity contribution in [2.75, 3.05) is 7.11 Å². The maximum absolute atomic E-state index is 5.06. The average molecular weight is 166 g/mol. The van der Waals surface area contributed by atoms with Crippen LogP contribution in [-0.4, -0.2) is 7.11 Å². The number of benzene rings is 1. The van der Waals surface area contributed by atoms with Crippen LogP contribution < -0.4 is 4.74 Å². The van der Waals surface area contributed by atoms with Gasteiger partial charge in [-0.1, -0.05) is 18.7 Å². The lowest BCUT2D eigenvalue weighted by molar-refractivity contribution is 0.405. The second-order valence-corrected chi connectivity index (χ2v) is 2.62. The smallest absolute Gasteiger partial charge is 0.132 e. The van der Waals surface area contributed by atoms with E-state index in [4.69, 9.17) is 4.74 Å². The molecule has 0 saturated heterocycles. The first-order chi connectivity index (χ1) is 5.27. The van der Waals surface area contributed by atoms with Crippen LogP contribution in [0.25, 0.3) is 6.08 Å². The van der Waals surface area contributed by atoms with Crippen molar-refractivity contribution in [3.8, 4) is 5.75 Å². The third kappa shape index (κ3) is 1.77. The normalized spacial score (nSPS) is 9.27. The predicted molar refractivity (Wildman–Crippen MR) is 50.3 cm³/mol. The van der Waals surface area contributed by atoms with E-state index in [0.29, 0.717) is 0 Å². The Hall–Kier alpha value is -0.890. The lowest BCUT2D eigenvalue weighted by Gasteiger charge is -2.03. The quantitative estimate of drug-likeness (QED) is 0.664. The Balaban J connectivity index is 3.12. The molecule has 0 amide bonds. The van der Waals surface area contributed by atoms with Crippen LogP contribution in [0.15, 0.2) is 29.7 Å². The molecule has 0 N–H and O–H groups in total. The summed E-state index contributed by atoms with van der Waals surface area (Å²) in [4.78, 5) is 0.845. The monoisotopic (exact) mass is 166 g/mol. The minimum atomic E-state index is 0.783. The highest BCUT2D eigenvalue weighted by Crippen LogP contribution is 2.23. The van der Waals surface area contributed by atoms with E-state index in [1.807, 2.05) is 18.2 Å². The van der Waals surface area contributed by atoms with Crippen LogP contribution in [0.4, 0.5) is 0 Å². The highest BCUT2D eigenvalue weighted by atomic mass is 32.1. The maximum Gasteiger partial charge on any atom is 0.132 e. The molecule has 0 aliphatic rings. The molecule has 0 saturated carbocycles. The Morgan fingerprint density at radius 2 is 2.27 bits per heavy atom. The summed E-state index contributed by atoms with van der Waals surface area (Å²) in [5.41, 5.74) is 1.04. The van der Waals surface area contributed by atoms with Gasteiger partial charge in [-0.2, -0.15) is 0 Å². The van der Waals surface area contributed by atoms with E-state index in [1.165, 1.54) is 0 Å². The molecule has 0 aliphatic heterocycles. The van der Waals surface area contributed by atoms with Gasteiger partial charge in [-0.3, -0.25) is 0 Å². The van der Waals surface area contributed by atoms with Crippen LogP contribution in [0, 0.1) is 0 Å². The molecule has 0 aromatic heterocycles. The van der Waals surface area contributed by atoms with Crippen molar-refractivity contribution in [1.82, 2.24) is 0 Å². The minimum Gasteiger partial charge on any atom is -0.496 e. The van der Waals surface area contributed by atoms with Gasteiger partial charge in [0.25, 0.3) is 0 Å². The van der Waals surface area contributed by atoms with E-state index in [9.17, 15) is 0 Å². The van der Waals surface area contributed by atoms with E-state index in [2.05, 4.69) is 19.2 Å². The number of hydrogen-bond acceptors (Lipinski definition) is 2. The van der Waals surface area contributed by atoms with Crippen LogP contribution in [0.3, 0.4) is 0 Å². The Kier molecular flexibility index (Phi) is 2.60. The van der Waals surface area contributed by atoms with Crippen molar-refractivity contribution >= 4 is 18.7 Å². The second kappa shape index (κ2) is 3.49. The summed E-state index contributed by atoms with van der Waals surface area (Å²) in [6, 6.07) is 5.73. The van der Waals surface area contributed by atoms with Gasteiger partial charge in [0.2, 0.25) is 0 Å². The van der Waals surface area contributed by atoms with Crippen molar-refractivity contribution in [3.63, 3.8) is 0 Å². The molecular formula is C9H10OS. The van der Waals surface area contributed by atoms with Crippen molar-refractivity contribution in [2.45, 2.75) is 4.90 Å². The number of methoxy groups -OCH3 is 1. The van der Waals surface area contributed by atoms with Gasteiger partial charge in [0.1, 0.15) is 5.75 Å². The van der Waals surface area contributed by atoms with Gasteiger partial charge >= 0.3 is 0 Å². The molecule has 1 nitrogen and oxygen atoms in total. The summed E-state index contributed by atoms with van der Waals surface area (Å²) in [6.07, 6.45) is 1.77. The van der Waals surface area contributed by atoms with Crippen LogP contribution in [0.5, 0.6) is 5.75 Å². The molecular weight excluding hydrogens is 156 g/mol. The molecule has 1 aromatic rings. The predicted octanol–water partition coefficient (Wildman–Crippen LogP) is 2.63. The summed E-state index contributed by atoms with van der Waals surface area (Å²) >= 11 is 4.20. The third-order valence-corrected chi connectivity index (χ3v) is 1.81. The Morgan fingerprint density at radius 1 is 1.55 bits per heavy atom. The van der Waals surface area contributed by atoms with E-state index >= 15 is 0 Å². The van der Waals surface area contributed by atoms with Crippen molar-refractivity contribution < 1.29 is 4.74 Å². The number of hydrogen-bond donors (Lipinski definition) is 1. The molecule has 1 aromatic carbocycles. The van der Waals surface area contributed by atoms with E-state index in [-0.39, 0.29) is 0 Å². The SMILES string of the molecule is C=Cc1ccc(S)c(OC)c1. The fourth-order valence-corrected chi connectivity index (χ4v) is 1.05. The van der Waals surface area contributed by atoms with Crippen LogP contribution in [0.1, 0.15) is 5.56 Å². The topological polar surface area (TPSA) is 9.23 Å². The van der Waals surface area contributed by atoms with Gasteiger partial charge in [0.15, 0.2) is 0 Å². The third-order valence-electron chi connectivity index (χ3n) is 1.44. The lowest BCUT2D eigenvalue weighted by atomic mass is 10.2. The van der Waals surface area contributed by atoms with Crippen molar-refractivity contribution in [1.29, 1.82) is 0 Å². The van der Waals surface area contributed by atoms with Gasteiger partial charge in [0.05, 0.1) is 7.11 Å². The Labute approximate surface area is 72.1 Å². The summed E-state index contributed by atoms with van der Waals surface area (Å²) in [5.74, 6) is 0.783. The molecule has 58 valence electrons. The number of rotatable bonds is 2. The molecule has 0 unspecified atom stereocenters. The minimum absolute atomic E-state index is 0.783. The zero-order chi connectivity index (χ0) is 8.27. The Morgan fingerprint density at radius 3 is 2.82 bits per heavy atom. The van der Waals surface area contributed by atoms with E-state index < -0.39 is 0 Å². The fraction of sp³-hybridized carbons (Fsp3) is 0.111. The molecule has 0 radical (unpaired) electrons. The lowest BCUT2D eigenvalue weighted by Crippen LogP contribution is -1.84. The van der Waals surface area contributed by atoms with Gasteiger partial charge in [-0.15, -0.1) is 12.6 Å². The summed E-state index contributed by atoms with van der Waals surface area (Å²) in [6.45, 7) is 3.66. The first kappa shape index (κ1) is 8.21. The van der Waals surface area contributed by atoms with Crippen LogP contribution >= 0.6 is 12.6 Å². The molecule has 0 heterocycles. The van der Waals surface area contributed by atoms with Crippen molar-refractivity contribution in [2.24, 2.45) is 0 Å². The van der Waals surface area contributed by atoms with Gasteiger partial charge in [-0.05, 0) is 17.7 Å². The highest BCUT2D eigenvalue weighted by Gasteiger charge is 1.97. The summed E-state index contributed by atoms with van der Waals surface area (Å²) in [7, 11) is 1.63. The summed E-state index contributed by atoms with van der Waals surface area (Å²) in [5, 5.41) is 0. The number of ether oxygens (including phenoxy) is 1. The first-order valence-electron chi connectivity index (χ1n) is 3.27. The fourth-order valence-electron chi connectivity index (χ4n) is 0.821. The summed E-state index contributed by atoms with van der Waals surface area (Å²) < 4.78 is 5.06. The standard InChI is InChI=1S/C9H10OS/c1-3-7-4-5-9(11)8(6-7)10-2/h3-6,11H,1H2,2H3. The molecule has 0 bridgehead atoms. The highest BCUT2D eigenvalue weighted by molar-refractivity contribution is 7.80. The first-order valence-corrected chi connectivity index (χ1v) is 3.72. The number of thiol groups is 1. The molecule has 0 aliphatic carbocycles. The van der Waals surface area contributed by atoms with Gasteiger partial charge < -0.3 is 4.74 Å². The molecule has 2 heteroatoms. The van der Waals surface area contributed by atoms with Gasteiger partial charge in [0, 0.05) is 4.90 Å². The molecule has 0 fully saturated rings. The van der Waals surface area contributed by atoms with Crippen LogP contribution in [0.2, 0.25) is 0 Å². The molecule has 1 rings (SSSR count). The van der Waals surface area contributed by atoms with Crippen LogP contribution in [-0.2, 0) is 0 Å². The largest absolute Gasteiger partial charge is 0.496 e. The van der Waals surface area contributed by atoms with E-state index in [1.54, 1.807) is 13.2 Å². The molecule has 0 spiro atoms. The Bertz CT molecular complexity index is 268. The zero-order valence-electron chi connectivity index (χ0n) is 6.37. The van der Waals surface area contributed by atoms with Crippen molar-refractivity contribution in [3.05, 3.63) is 30.3 Å². The average Bonchev–Trinajstić information content (AvgIpc) is 2.05. The zero-order valence-corrected chi connectivity index (χ0v) is 7.27. The second-order valence-electron chi connectivity index (χ2n) is 2.14. The maximum atomic E-state index is 5.06. The van der Waals surface area contributed by atoms with Gasteiger partial charge in [-0.25, -0.2) is 0 Å². The van der Waals surface area contributed by atoms with E-state index in [0.717, 1.165) is 16.2 Å². The molecule has 11 heavy (non-hydrogen) atoms.